The summed E-state index contributed by atoms with van der Waals surface area (Å²) in [5, 5.41) is 9.26. The number of hydrogen-bond acceptors (Lipinski definition) is 8. The van der Waals surface area contributed by atoms with E-state index in [-0.39, 0.29) is 50.4 Å². The van der Waals surface area contributed by atoms with Crippen molar-refractivity contribution in [3.8, 4) is 0 Å². The minimum atomic E-state index is -0.797. The normalized spacial score (nSPS) is 18.5. The number of rotatable bonds is 12. The van der Waals surface area contributed by atoms with Gasteiger partial charge in [0.15, 0.2) is 5.13 Å². The Hall–Kier alpha value is -4.49. The quantitative estimate of drug-likeness (QED) is 0.164. The van der Waals surface area contributed by atoms with Gasteiger partial charge in [0.2, 0.25) is 18.2 Å². The van der Waals surface area contributed by atoms with E-state index in [4.69, 9.17) is 5.73 Å². The molecule has 0 aliphatic carbocycles. The van der Waals surface area contributed by atoms with Crippen molar-refractivity contribution in [1.82, 2.24) is 30.1 Å². The number of thiazole rings is 1. The number of nitrogen functional groups attached to an aromatic ring is 1. The van der Waals surface area contributed by atoms with Crippen LogP contribution in [0, 0.1) is 0 Å². The zero-order chi connectivity index (χ0) is 30.5. The Kier molecular flexibility index (Phi) is 9.22. The Morgan fingerprint density at radius 2 is 2.02 bits per heavy atom. The van der Waals surface area contributed by atoms with E-state index in [9.17, 15) is 19.2 Å². The molecule has 43 heavy (non-hydrogen) atoms. The highest BCUT2D eigenvalue weighted by molar-refractivity contribution is 7.22. The molecular weight excluding hydrogens is 568 g/mol. The molecule has 2 aliphatic heterocycles. The second-order valence-electron chi connectivity index (χ2n) is 10.5. The Labute approximate surface area is 254 Å². The fourth-order valence-corrected chi connectivity index (χ4v) is 6.45. The molecule has 2 atom stereocenters. The van der Waals surface area contributed by atoms with Crippen LogP contribution in [0.25, 0.3) is 10.2 Å². The van der Waals surface area contributed by atoms with Crippen molar-refractivity contribution >= 4 is 56.6 Å². The lowest BCUT2D eigenvalue weighted by Gasteiger charge is -2.46. The summed E-state index contributed by atoms with van der Waals surface area (Å²) < 4.78 is 0.931. The van der Waals surface area contributed by atoms with Crippen LogP contribution in [0.4, 0.5) is 15.6 Å². The van der Waals surface area contributed by atoms with E-state index >= 15 is 0 Å². The van der Waals surface area contributed by atoms with Gasteiger partial charge < -0.3 is 26.2 Å². The number of unbranched alkanes of at least 4 members (excludes halogenated alkanes) is 1. The molecule has 1 aromatic heterocycles. The van der Waals surface area contributed by atoms with Crippen molar-refractivity contribution < 1.29 is 19.2 Å². The lowest BCUT2D eigenvalue weighted by Crippen LogP contribution is -2.66. The van der Waals surface area contributed by atoms with E-state index in [2.05, 4.69) is 22.2 Å². The molecule has 5 amide bonds. The van der Waals surface area contributed by atoms with Gasteiger partial charge in [0, 0.05) is 25.2 Å². The lowest BCUT2D eigenvalue weighted by molar-refractivity contribution is -0.157. The predicted octanol–water partition coefficient (Wildman–Crippen LogP) is 2.78. The molecule has 2 fully saturated rings. The van der Waals surface area contributed by atoms with Crippen molar-refractivity contribution in [2.75, 3.05) is 37.2 Å². The zero-order valence-electron chi connectivity index (χ0n) is 24.1. The largest absolute Gasteiger partial charge is 0.375 e. The summed E-state index contributed by atoms with van der Waals surface area (Å²) in [5.74, 6) is -0.420. The standard InChI is InChI=1S/C30H36N8O4S/c1-3-5-13-32-30(42)36(14-4-2)37-18-26(40)38-23(15-20-9-11-22(12-10-20)33-19-39)28(41)35(17-25(37)38)16-21-7-6-8-24-27(21)34-29(31)43-24/h4,6-12,19,23,25H,2-3,5,13-18H2,1H3,(H2,31,34)(H,32,42)(H,33,39)/t23-,25+/m0/s1. The van der Waals surface area contributed by atoms with Crippen molar-refractivity contribution in [3.63, 3.8) is 0 Å². The van der Waals surface area contributed by atoms with E-state index in [1.54, 1.807) is 33.0 Å². The smallest absolute Gasteiger partial charge is 0.332 e. The SMILES string of the molecule is C=CCN(C(=O)NCCCC)N1CC(=O)N2[C@@H](Cc3ccc(NC=O)cc3)C(=O)N(Cc3cccc4sc(N)nc34)C[C@@H]21. The van der Waals surface area contributed by atoms with Gasteiger partial charge in [-0.15, -0.1) is 6.58 Å². The number of nitrogens with two attached hydrogens (primary N) is 1. The fourth-order valence-electron chi connectivity index (χ4n) is 5.66. The van der Waals surface area contributed by atoms with Gasteiger partial charge in [0.25, 0.3) is 0 Å². The predicted molar refractivity (Wildman–Crippen MR) is 166 cm³/mol. The van der Waals surface area contributed by atoms with E-state index < -0.39 is 12.2 Å². The minimum absolute atomic E-state index is 0.0439. The summed E-state index contributed by atoms with van der Waals surface area (Å²) in [5.41, 5.74) is 9.05. The number of hydrogen-bond donors (Lipinski definition) is 3. The van der Waals surface area contributed by atoms with Gasteiger partial charge in [-0.2, -0.15) is 5.01 Å². The summed E-state index contributed by atoms with van der Waals surface area (Å²) >= 11 is 1.39. The number of nitrogens with one attached hydrogen (secondary N) is 2. The fraction of sp³-hybridized carbons (Fsp3) is 0.367. The van der Waals surface area contributed by atoms with Crippen molar-refractivity contribution in [1.29, 1.82) is 0 Å². The Morgan fingerprint density at radius 1 is 1.23 bits per heavy atom. The average molecular weight is 605 g/mol. The molecule has 2 saturated heterocycles. The van der Waals surface area contributed by atoms with E-state index in [1.165, 1.54) is 16.3 Å². The number of fused-ring (bicyclic) bond motifs is 2. The van der Waals surface area contributed by atoms with E-state index in [0.29, 0.717) is 23.8 Å². The lowest BCUT2D eigenvalue weighted by atomic mass is 9.99. The van der Waals surface area contributed by atoms with Gasteiger partial charge in [0.05, 0.1) is 29.9 Å². The Bertz CT molecular complexity index is 1510. The second kappa shape index (κ2) is 13.2. The van der Waals surface area contributed by atoms with Crippen LogP contribution in [0.2, 0.25) is 0 Å². The molecule has 0 radical (unpaired) electrons. The molecule has 2 aromatic carbocycles. The second-order valence-corrected chi connectivity index (χ2v) is 11.6. The van der Waals surface area contributed by atoms with E-state index in [1.807, 2.05) is 37.3 Å². The topological polar surface area (TPSA) is 144 Å². The maximum atomic E-state index is 14.1. The first-order chi connectivity index (χ1) is 20.8. The van der Waals surface area contributed by atoms with Gasteiger partial charge in [0.1, 0.15) is 12.2 Å². The number of para-hydroxylation sites is 1. The molecule has 0 saturated carbocycles. The molecule has 13 heteroatoms. The van der Waals surface area contributed by atoms with Crippen LogP contribution in [0.5, 0.6) is 0 Å². The third-order valence-electron chi connectivity index (χ3n) is 7.71. The first-order valence-corrected chi connectivity index (χ1v) is 15.1. The average Bonchev–Trinajstić information content (AvgIpc) is 3.54. The maximum Gasteiger partial charge on any atom is 0.332 e. The zero-order valence-corrected chi connectivity index (χ0v) is 24.9. The third-order valence-corrected chi connectivity index (χ3v) is 8.56. The van der Waals surface area contributed by atoms with Gasteiger partial charge in [-0.05, 0) is 35.7 Å². The van der Waals surface area contributed by atoms with Crippen LogP contribution in [-0.4, -0.2) is 87.4 Å². The monoisotopic (exact) mass is 604 g/mol. The Morgan fingerprint density at radius 3 is 2.74 bits per heavy atom. The van der Waals surface area contributed by atoms with Crippen LogP contribution in [0.15, 0.2) is 55.1 Å². The van der Waals surface area contributed by atoms with Crippen molar-refractivity contribution in [2.24, 2.45) is 0 Å². The van der Waals surface area contributed by atoms with E-state index in [0.717, 1.165) is 34.2 Å². The highest BCUT2D eigenvalue weighted by atomic mass is 32.1. The minimum Gasteiger partial charge on any atom is -0.375 e. The summed E-state index contributed by atoms with van der Waals surface area (Å²) in [6, 6.07) is 11.8. The van der Waals surface area contributed by atoms with Crippen LogP contribution < -0.4 is 16.4 Å². The first-order valence-electron chi connectivity index (χ1n) is 14.3. The number of piperazine rings is 1. The maximum absolute atomic E-state index is 14.1. The number of hydrazine groups is 1. The summed E-state index contributed by atoms with van der Waals surface area (Å²) in [4.78, 5) is 59.7. The molecule has 226 valence electrons. The first kappa shape index (κ1) is 30.0. The molecule has 5 rings (SSSR count). The molecule has 4 N–H and O–H groups in total. The van der Waals surface area contributed by atoms with Gasteiger partial charge in [-0.25, -0.2) is 9.78 Å². The number of carbonyl (C=O) groups excluding carboxylic acids is 4. The Balaban J connectivity index is 1.48. The number of amides is 5. The molecule has 0 spiro atoms. The molecule has 12 nitrogen and oxygen atoms in total. The summed E-state index contributed by atoms with van der Waals surface area (Å²) in [6.45, 7) is 7.02. The molecule has 0 unspecified atom stereocenters. The summed E-state index contributed by atoms with van der Waals surface area (Å²) in [6.07, 6.45) is 3.69. The van der Waals surface area contributed by atoms with Gasteiger partial charge in [-0.1, -0.05) is 55.0 Å². The number of nitrogens with zero attached hydrogens (tertiary/aromatic N) is 5. The third kappa shape index (κ3) is 6.32. The molecule has 3 aromatic rings. The molecule has 3 heterocycles. The molecule has 0 bridgehead atoms. The highest BCUT2D eigenvalue weighted by Crippen LogP contribution is 2.32. The number of aromatic nitrogens is 1. The van der Waals surface area contributed by atoms with Crippen LogP contribution >= 0.6 is 11.3 Å². The van der Waals surface area contributed by atoms with Gasteiger partial charge >= 0.3 is 6.03 Å². The van der Waals surface area contributed by atoms with Crippen molar-refractivity contribution in [2.45, 2.75) is 44.9 Å². The number of anilines is 2. The van der Waals surface area contributed by atoms with Crippen LogP contribution in [0.3, 0.4) is 0 Å². The van der Waals surface area contributed by atoms with Crippen LogP contribution in [0.1, 0.15) is 30.9 Å². The summed E-state index contributed by atoms with van der Waals surface area (Å²) in [7, 11) is 0. The number of carbonyl (C=O) groups is 4. The number of urea groups is 1. The highest BCUT2D eigenvalue weighted by Gasteiger charge is 2.52. The van der Waals surface area contributed by atoms with Crippen molar-refractivity contribution in [3.05, 3.63) is 66.2 Å². The van der Waals surface area contributed by atoms with Crippen LogP contribution in [-0.2, 0) is 27.3 Å². The number of benzene rings is 2. The molecule has 2 aliphatic rings. The van der Waals surface area contributed by atoms with Gasteiger partial charge in [-0.3, -0.25) is 19.4 Å². The molecular formula is C30H36N8O4S.